The second-order valence-electron chi connectivity index (χ2n) is 15.3. The van der Waals surface area contributed by atoms with Gasteiger partial charge in [0.15, 0.2) is 0 Å². The molecule has 1 N–H and O–H groups in total. The molecular formula is C32H50O5. The molecule has 0 saturated heterocycles. The van der Waals surface area contributed by atoms with Crippen LogP contribution in [0.2, 0.25) is 0 Å². The number of carbonyl (C=O) groups excluding carboxylic acids is 2. The van der Waals surface area contributed by atoms with Gasteiger partial charge in [0, 0.05) is 0 Å². The molecule has 5 rings (SSSR count). The lowest BCUT2D eigenvalue weighted by Crippen LogP contribution is -2.66. The highest BCUT2D eigenvalue weighted by atomic mass is 16.5. The van der Waals surface area contributed by atoms with Crippen LogP contribution in [-0.4, -0.2) is 37.4 Å². The minimum atomic E-state index is -0.695. The lowest BCUT2D eigenvalue weighted by Gasteiger charge is -2.70. The van der Waals surface area contributed by atoms with Gasteiger partial charge in [-0.3, -0.25) is 9.59 Å². The van der Waals surface area contributed by atoms with E-state index >= 15 is 0 Å². The number of aliphatic hydroxyl groups is 1. The lowest BCUT2D eigenvalue weighted by atomic mass is 9.33. The second-order valence-corrected chi connectivity index (χ2v) is 15.3. The minimum Gasteiger partial charge on any atom is -0.468 e. The Hall–Kier alpha value is -1.36. The smallest absolute Gasteiger partial charge is 0.316 e. The molecule has 0 radical (unpaired) electrons. The summed E-state index contributed by atoms with van der Waals surface area (Å²) in [5.74, 6) is 0.587. The molecule has 37 heavy (non-hydrogen) atoms. The molecule has 0 aromatic carbocycles. The molecule has 0 bridgehead atoms. The normalized spacial score (nSPS) is 46.0. The Balaban J connectivity index is 1.71. The van der Waals surface area contributed by atoms with Gasteiger partial charge >= 0.3 is 11.9 Å². The first kappa shape index (κ1) is 27.2. The predicted octanol–water partition coefficient (Wildman–Crippen LogP) is 6.62. The van der Waals surface area contributed by atoms with E-state index in [1.54, 1.807) is 7.11 Å². The summed E-state index contributed by atoms with van der Waals surface area (Å²) in [6.45, 7) is 13.9. The van der Waals surface area contributed by atoms with Crippen LogP contribution >= 0.6 is 0 Å². The monoisotopic (exact) mass is 514 g/mol. The van der Waals surface area contributed by atoms with E-state index in [4.69, 9.17) is 9.47 Å². The van der Waals surface area contributed by atoms with Crippen molar-refractivity contribution in [3.05, 3.63) is 11.1 Å². The van der Waals surface area contributed by atoms with Crippen LogP contribution in [-0.2, 0) is 19.1 Å². The number of hydrogen-bond donors (Lipinski definition) is 1. The molecule has 0 aliphatic heterocycles. The summed E-state index contributed by atoms with van der Waals surface area (Å²) in [6, 6.07) is 0. The third-order valence-electron chi connectivity index (χ3n) is 13.1. The Kier molecular flexibility index (Phi) is 6.12. The van der Waals surface area contributed by atoms with Gasteiger partial charge in [0.25, 0.3) is 0 Å². The fourth-order valence-corrected chi connectivity index (χ4v) is 11.1. The van der Waals surface area contributed by atoms with Gasteiger partial charge in [-0.2, -0.15) is 0 Å². The summed E-state index contributed by atoms with van der Waals surface area (Å²) in [5, 5.41) is 11.0. The molecule has 5 aliphatic rings. The van der Waals surface area contributed by atoms with Crippen molar-refractivity contribution < 1.29 is 24.2 Å². The van der Waals surface area contributed by atoms with E-state index in [2.05, 4.69) is 41.5 Å². The predicted molar refractivity (Wildman–Crippen MR) is 143 cm³/mol. The number of fused-ring (bicyclic) bond motifs is 6. The van der Waals surface area contributed by atoms with Gasteiger partial charge in [0.2, 0.25) is 0 Å². The third kappa shape index (κ3) is 3.31. The van der Waals surface area contributed by atoms with Gasteiger partial charge < -0.3 is 14.6 Å². The van der Waals surface area contributed by atoms with E-state index in [0.29, 0.717) is 24.7 Å². The average Bonchev–Trinajstić information content (AvgIpc) is 2.84. The Morgan fingerprint density at radius 1 is 0.757 bits per heavy atom. The van der Waals surface area contributed by atoms with Crippen LogP contribution in [0.25, 0.3) is 0 Å². The maximum atomic E-state index is 14.2. The van der Waals surface area contributed by atoms with Gasteiger partial charge in [-0.15, -0.1) is 0 Å². The molecule has 5 nitrogen and oxygen atoms in total. The first-order valence-electron chi connectivity index (χ1n) is 14.7. The van der Waals surface area contributed by atoms with E-state index < -0.39 is 10.8 Å². The first-order chi connectivity index (χ1) is 17.2. The zero-order chi connectivity index (χ0) is 27.2. The topological polar surface area (TPSA) is 72.8 Å². The largest absolute Gasteiger partial charge is 0.468 e. The molecule has 0 spiro atoms. The number of hydrogen-bond acceptors (Lipinski definition) is 5. The molecular weight excluding hydrogens is 464 g/mol. The molecule has 208 valence electrons. The van der Waals surface area contributed by atoms with Gasteiger partial charge in [-0.25, -0.2) is 0 Å². The highest BCUT2D eigenvalue weighted by molar-refractivity contribution is 5.87. The van der Waals surface area contributed by atoms with Crippen LogP contribution in [0.5, 0.6) is 0 Å². The number of methoxy groups -OCH3 is 2. The van der Waals surface area contributed by atoms with Crippen molar-refractivity contribution in [1.82, 2.24) is 0 Å². The summed E-state index contributed by atoms with van der Waals surface area (Å²) in [6.07, 6.45) is 9.37. The standard InChI is InChI=1S/C32H50O5/c1-27(2)15-16-31(25(34)36-7)17-18-32(26(35)37-8)20(21(31)19-27)9-10-23-29(5)13-12-24(33)28(3,4)22(29)11-14-30(23,32)6/h22-24,33H,9-19H2,1-8H3/t22-,23+,24+,29-,30+,31-,32+/m0/s1. The van der Waals surface area contributed by atoms with E-state index in [-0.39, 0.29) is 39.7 Å². The maximum Gasteiger partial charge on any atom is 0.316 e. The van der Waals surface area contributed by atoms with Crippen LogP contribution in [0.4, 0.5) is 0 Å². The van der Waals surface area contributed by atoms with Gasteiger partial charge in [0.05, 0.1) is 31.2 Å². The van der Waals surface area contributed by atoms with Crippen LogP contribution in [0.15, 0.2) is 11.1 Å². The SMILES string of the molecule is COC(=O)[C@]12CCC(C)(C)CC1=C1CC[C@@H]3[C@@]4(C)CC[C@@H](O)C(C)(C)[C@@H]4CC[C@@]3(C)[C@]1(C(=O)OC)CC2. The number of aliphatic hydroxyl groups excluding tert-OH is 1. The lowest BCUT2D eigenvalue weighted by molar-refractivity contribution is -0.216. The Morgan fingerprint density at radius 3 is 2.05 bits per heavy atom. The van der Waals surface area contributed by atoms with Crippen molar-refractivity contribution in [3.8, 4) is 0 Å². The third-order valence-corrected chi connectivity index (χ3v) is 13.1. The Morgan fingerprint density at radius 2 is 1.41 bits per heavy atom. The number of carbonyl (C=O) groups is 2. The van der Waals surface area contributed by atoms with Crippen LogP contribution in [0, 0.1) is 44.3 Å². The van der Waals surface area contributed by atoms with E-state index in [1.807, 2.05) is 0 Å². The Bertz CT molecular complexity index is 1020. The van der Waals surface area contributed by atoms with Crippen molar-refractivity contribution in [2.75, 3.05) is 14.2 Å². The van der Waals surface area contributed by atoms with E-state index in [9.17, 15) is 14.7 Å². The van der Waals surface area contributed by atoms with Crippen LogP contribution in [0.3, 0.4) is 0 Å². The summed E-state index contributed by atoms with van der Waals surface area (Å²) >= 11 is 0. The zero-order valence-corrected chi connectivity index (χ0v) is 24.6. The minimum absolute atomic E-state index is 0.0651. The van der Waals surface area contributed by atoms with Crippen LogP contribution < -0.4 is 0 Å². The first-order valence-corrected chi connectivity index (χ1v) is 14.7. The van der Waals surface area contributed by atoms with Crippen LogP contribution in [0.1, 0.15) is 112 Å². The van der Waals surface area contributed by atoms with Crippen molar-refractivity contribution in [1.29, 1.82) is 0 Å². The summed E-state index contributed by atoms with van der Waals surface area (Å²) in [7, 11) is 3.06. The molecule has 5 aliphatic carbocycles. The fourth-order valence-electron chi connectivity index (χ4n) is 11.1. The fraction of sp³-hybridized carbons (Fsp3) is 0.875. The quantitative estimate of drug-likeness (QED) is 0.331. The molecule has 7 atom stereocenters. The molecule has 0 unspecified atom stereocenters. The molecule has 0 amide bonds. The summed E-state index contributed by atoms with van der Waals surface area (Å²) < 4.78 is 11.2. The average molecular weight is 515 g/mol. The molecule has 5 heteroatoms. The van der Waals surface area contributed by atoms with E-state index in [0.717, 1.165) is 57.8 Å². The van der Waals surface area contributed by atoms with Gasteiger partial charge in [0.1, 0.15) is 0 Å². The summed E-state index contributed by atoms with van der Waals surface area (Å²) in [5.41, 5.74) is 0.912. The van der Waals surface area contributed by atoms with E-state index in [1.165, 1.54) is 18.3 Å². The second kappa shape index (κ2) is 8.32. The highest BCUT2D eigenvalue weighted by Crippen LogP contribution is 2.76. The Labute approximate surface area is 224 Å². The number of ether oxygens (including phenoxy) is 2. The van der Waals surface area contributed by atoms with Crippen molar-refractivity contribution >= 4 is 11.9 Å². The number of esters is 2. The molecule has 0 heterocycles. The molecule has 4 saturated carbocycles. The zero-order valence-electron chi connectivity index (χ0n) is 24.6. The molecule has 0 aromatic heterocycles. The van der Waals surface area contributed by atoms with Crippen molar-refractivity contribution in [2.45, 2.75) is 118 Å². The number of rotatable bonds is 2. The van der Waals surface area contributed by atoms with Crippen molar-refractivity contribution in [2.24, 2.45) is 44.3 Å². The van der Waals surface area contributed by atoms with Gasteiger partial charge in [-0.1, -0.05) is 52.7 Å². The molecule has 4 fully saturated rings. The molecule has 0 aromatic rings. The van der Waals surface area contributed by atoms with Crippen molar-refractivity contribution in [3.63, 3.8) is 0 Å². The summed E-state index contributed by atoms with van der Waals surface area (Å²) in [4.78, 5) is 27.7. The highest BCUT2D eigenvalue weighted by Gasteiger charge is 2.72. The maximum absolute atomic E-state index is 14.2. The van der Waals surface area contributed by atoms with Gasteiger partial charge in [-0.05, 0) is 104 Å².